The number of rotatable bonds is 5. The average molecular weight is 334 g/mol. The monoisotopic (exact) mass is 333 g/mol. The number of likely N-dealkylation sites (tertiary alicyclic amines) is 1. The van der Waals surface area contributed by atoms with Crippen LogP contribution in [-0.4, -0.2) is 66.6 Å². The molecule has 1 unspecified atom stereocenters. The summed E-state index contributed by atoms with van der Waals surface area (Å²) in [6.07, 6.45) is 2.32. The highest BCUT2D eigenvalue weighted by atomic mass is 32.2. The zero-order chi connectivity index (χ0) is 15.9. The normalized spacial score (nSPS) is 22.3. The van der Waals surface area contributed by atoms with Gasteiger partial charge in [0.1, 0.15) is 0 Å². The summed E-state index contributed by atoms with van der Waals surface area (Å²) < 4.78 is 0. The van der Waals surface area contributed by atoms with Gasteiger partial charge in [0.15, 0.2) is 0 Å². The van der Waals surface area contributed by atoms with Crippen molar-refractivity contribution >= 4 is 17.8 Å². The van der Waals surface area contributed by atoms with Crippen LogP contribution in [0, 0.1) is 5.92 Å². The van der Waals surface area contributed by atoms with Crippen molar-refractivity contribution in [2.24, 2.45) is 5.92 Å². The van der Waals surface area contributed by atoms with E-state index in [0.717, 1.165) is 57.2 Å². The highest BCUT2D eigenvalue weighted by Crippen LogP contribution is 2.16. The molecule has 2 heterocycles. The van der Waals surface area contributed by atoms with Gasteiger partial charge in [-0.3, -0.25) is 0 Å². The van der Waals surface area contributed by atoms with Crippen molar-refractivity contribution in [3.63, 3.8) is 0 Å². The molecular formula is C18H27N3OS. The molecule has 4 nitrogen and oxygen atoms in total. The molecule has 23 heavy (non-hydrogen) atoms. The Morgan fingerprint density at radius 2 is 1.96 bits per heavy atom. The summed E-state index contributed by atoms with van der Waals surface area (Å²) in [6, 6.07) is 10.8. The zero-order valence-electron chi connectivity index (χ0n) is 13.7. The van der Waals surface area contributed by atoms with E-state index in [4.69, 9.17) is 0 Å². The molecular weight excluding hydrogens is 306 g/mol. The number of urea groups is 1. The van der Waals surface area contributed by atoms with Crippen molar-refractivity contribution < 1.29 is 4.79 Å². The maximum absolute atomic E-state index is 12.1. The van der Waals surface area contributed by atoms with Gasteiger partial charge in [0.05, 0.1) is 0 Å². The number of nitrogens with zero attached hydrogens (tertiary/aromatic N) is 2. The summed E-state index contributed by atoms with van der Waals surface area (Å²) >= 11 is 1.94. The van der Waals surface area contributed by atoms with Gasteiger partial charge >= 0.3 is 6.03 Å². The number of carbonyl (C=O) groups excluding carboxylic acids is 1. The van der Waals surface area contributed by atoms with Gasteiger partial charge in [0.2, 0.25) is 0 Å². The molecule has 0 spiro atoms. The van der Waals surface area contributed by atoms with Gasteiger partial charge in [-0.15, -0.1) is 0 Å². The smallest absolute Gasteiger partial charge is 0.317 e. The van der Waals surface area contributed by atoms with Crippen LogP contribution in [0.15, 0.2) is 30.3 Å². The van der Waals surface area contributed by atoms with Crippen LogP contribution >= 0.6 is 11.8 Å². The molecule has 3 rings (SSSR count). The van der Waals surface area contributed by atoms with Gasteiger partial charge in [-0.05, 0) is 30.9 Å². The first kappa shape index (κ1) is 16.7. The second-order valence-corrected chi connectivity index (χ2v) is 7.70. The lowest BCUT2D eigenvalue weighted by Crippen LogP contribution is -2.45. The average Bonchev–Trinajstić information content (AvgIpc) is 3.07. The number of hydrogen-bond acceptors (Lipinski definition) is 3. The highest BCUT2D eigenvalue weighted by molar-refractivity contribution is 7.99. The second-order valence-electron chi connectivity index (χ2n) is 6.48. The lowest BCUT2D eigenvalue weighted by molar-refractivity contribution is 0.201. The van der Waals surface area contributed by atoms with E-state index < -0.39 is 0 Å². The van der Waals surface area contributed by atoms with E-state index in [1.165, 1.54) is 12.0 Å². The van der Waals surface area contributed by atoms with Crippen LogP contribution in [0.3, 0.4) is 0 Å². The predicted molar refractivity (Wildman–Crippen MR) is 97.0 cm³/mol. The first-order chi connectivity index (χ1) is 11.3. The third-order valence-corrected chi connectivity index (χ3v) is 5.71. The van der Waals surface area contributed by atoms with E-state index in [1.54, 1.807) is 0 Å². The van der Waals surface area contributed by atoms with E-state index in [-0.39, 0.29) is 6.03 Å². The van der Waals surface area contributed by atoms with Crippen LogP contribution in [-0.2, 0) is 6.42 Å². The van der Waals surface area contributed by atoms with Gasteiger partial charge in [0, 0.05) is 44.2 Å². The Kier molecular flexibility index (Phi) is 6.22. The maximum Gasteiger partial charge on any atom is 0.317 e. The number of benzene rings is 1. The van der Waals surface area contributed by atoms with Gasteiger partial charge < -0.3 is 15.1 Å². The Morgan fingerprint density at radius 1 is 1.17 bits per heavy atom. The summed E-state index contributed by atoms with van der Waals surface area (Å²) in [5.41, 5.74) is 1.41. The van der Waals surface area contributed by atoms with Gasteiger partial charge in [0.25, 0.3) is 0 Å². The van der Waals surface area contributed by atoms with Crippen LogP contribution in [0.2, 0.25) is 0 Å². The second kappa shape index (κ2) is 8.60. The molecule has 1 atom stereocenters. The van der Waals surface area contributed by atoms with E-state index in [1.807, 2.05) is 16.7 Å². The lowest BCUT2D eigenvalue weighted by Gasteiger charge is -2.27. The Hall–Kier alpha value is -1.20. The Labute approximate surface area is 143 Å². The third kappa shape index (κ3) is 5.15. The number of nitrogens with one attached hydrogen (secondary N) is 1. The quantitative estimate of drug-likeness (QED) is 0.898. The van der Waals surface area contributed by atoms with Crippen molar-refractivity contribution in [2.45, 2.75) is 12.8 Å². The maximum atomic E-state index is 12.1. The Balaban J connectivity index is 1.34. The van der Waals surface area contributed by atoms with Gasteiger partial charge in [-0.25, -0.2) is 4.79 Å². The van der Waals surface area contributed by atoms with Crippen LogP contribution in [0.25, 0.3) is 0 Å². The molecule has 0 bridgehead atoms. The molecule has 2 amide bonds. The fourth-order valence-corrected chi connectivity index (χ4v) is 4.23. The zero-order valence-corrected chi connectivity index (χ0v) is 14.6. The minimum absolute atomic E-state index is 0.132. The van der Waals surface area contributed by atoms with E-state index in [0.29, 0.717) is 5.92 Å². The van der Waals surface area contributed by atoms with Gasteiger partial charge in [-0.1, -0.05) is 30.3 Å². The minimum atomic E-state index is 0.132. The Morgan fingerprint density at radius 3 is 2.74 bits per heavy atom. The molecule has 1 aromatic carbocycles. The van der Waals surface area contributed by atoms with Crippen LogP contribution in [0.4, 0.5) is 4.79 Å². The van der Waals surface area contributed by atoms with Gasteiger partial charge in [-0.2, -0.15) is 11.8 Å². The lowest BCUT2D eigenvalue weighted by atomic mass is 10.1. The number of carbonyl (C=O) groups is 1. The summed E-state index contributed by atoms with van der Waals surface area (Å²) in [5.74, 6) is 2.75. The molecule has 1 N–H and O–H groups in total. The van der Waals surface area contributed by atoms with Crippen molar-refractivity contribution in [2.75, 3.05) is 50.8 Å². The molecule has 5 heteroatoms. The summed E-state index contributed by atoms with van der Waals surface area (Å²) in [4.78, 5) is 16.6. The summed E-state index contributed by atoms with van der Waals surface area (Å²) in [7, 11) is 0. The number of amides is 2. The number of thioether (sulfide) groups is 1. The first-order valence-corrected chi connectivity index (χ1v) is 9.83. The standard InChI is InChI=1S/C18H27N3OS/c22-18(21-10-12-23-13-11-21)19-14-17-7-9-20(15-17)8-6-16-4-2-1-3-5-16/h1-5,17H,6-15H2,(H,19,22). The van der Waals surface area contributed by atoms with E-state index in [2.05, 4.69) is 40.5 Å². The fourth-order valence-electron chi connectivity index (χ4n) is 3.32. The van der Waals surface area contributed by atoms with Crippen LogP contribution in [0.5, 0.6) is 0 Å². The molecule has 2 fully saturated rings. The largest absolute Gasteiger partial charge is 0.338 e. The molecule has 2 aliphatic heterocycles. The minimum Gasteiger partial charge on any atom is -0.338 e. The SMILES string of the molecule is O=C(NCC1CCN(CCc2ccccc2)C1)N1CCSCC1. The summed E-state index contributed by atoms with van der Waals surface area (Å²) in [5, 5.41) is 3.14. The third-order valence-electron chi connectivity index (χ3n) is 4.77. The van der Waals surface area contributed by atoms with Crippen molar-refractivity contribution in [3.05, 3.63) is 35.9 Å². The van der Waals surface area contributed by atoms with Crippen LogP contribution < -0.4 is 5.32 Å². The van der Waals surface area contributed by atoms with E-state index in [9.17, 15) is 4.79 Å². The molecule has 126 valence electrons. The topological polar surface area (TPSA) is 35.6 Å². The molecule has 0 saturated carbocycles. The fraction of sp³-hybridized carbons (Fsp3) is 0.611. The Bertz CT molecular complexity index is 490. The predicted octanol–water partition coefficient (Wildman–Crippen LogP) is 2.31. The van der Waals surface area contributed by atoms with Crippen molar-refractivity contribution in [1.82, 2.24) is 15.1 Å². The molecule has 0 aromatic heterocycles. The number of hydrogen-bond donors (Lipinski definition) is 1. The molecule has 2 aliphatic rings. The van der Waals surface area contributed by atoms with Crippen LogP contribution in [0.1, 0.15) is 12.0 Å². The van der Waals surface area contributed by atoms with Crippen molar-refractivity contribution in [1.29, 1.82) is 0 Å². The highest BCUT2D eigenvalue weighted by Gasteiger charge is 2.23. The molecule has 0 aliphatic carbocycles. The van der Waals surface area contributed by atoms with Crippen molar-refractivity contribution in [3.8, 4) is 0 Å². The first-order valence-electron chi connectivity index (χ1n) is 8.68. The molecule has 0 radical (unpaired) electrons. The summed E-state index contributed by atoms with van der Waals surface area (Å²) in [6.45, 7) is 6.01. The van der Waals surface area contributed by atoms with E-state index >= 15 is 0 Å². The molecule has 1 aromatic rings. The molecule has 2 saturated heterocycles.